The monoisotopic (exact) mass is 135 g/mol. The molecule has 0 radical (unpaired) electrons. The van der Waals surface area contributed by atoms with Crippen LogP contribution in [-0.4, -0.2) is 36.1 Å². The second-order valence-electron chi connectivity index (χ2n) is 1.62. The maximum Gasteiger partial charge on any atom is 0.0918 e. The van der Waals surface area contributed by atoms with Crippen LogP contribution in [0.4, 0.5) is 0 Å². The van der Waals surface area contributed by atoms with Crippen molar-refractivity contribution in [3.63, 3.8) is 0 Å². The van der Waals surface area contributed by atoms with Crippen molar-refractivity contribution in [1.29, 1.82) is 0 Å². The van der Waals surface area contributed by atoms with Crippen LogP contribution in [0.5, 0.6) is 0 Å². The van der Waals surface area contributed by atoms with Gasteiger partial charge in [0.05, 0.1) is 19.3 Å². The number of aliphatic hydroxyl groups is 2. The van der Waals surface area contributed by atoms with E-state index in [1.165, 1.54) is 0 Å². The number of aliphatic hydroxyl groups excluding tert-OH is 2. The van der Waals surface area contributed by atoms with Crippen molar-refractivity contribution < 1.29 is 15.1 Å². The van der Waals surface area contributed by atoms with Crippen molar-refractivity contribution in [2.24, 2.45) is 0 Å². The minimum atomic E-state index is -0.725. The summed E-state index contributed by atoms with van der Waals surface area (Å²) in [6.07, 6.45) is -0.725. The Bertz CT molecular complexity index is 60.2. The summed E-state index contributed by atoms with van der Waals surface area (Å²) in [5.41, 5.74) is 2.48. The Morgan fingerprint density at radius 2 is 2.33 bits per heavy atom. The first-order valence-corrected chi connectivity index (χ1v) is 2.94. The zero-order valence-corrected chi connectivity index (χ0v) is 5.50. The highest BCUT2D eigenvalue weighted by atomic mass is 16.6. The van der Waals surface area contributed by atoms with Gasteiger partial charge in [0.15, 0.2) is 0 Å². The van der Waals surface area contributed by atoms with Gasteiger partial charge in [-0.2, -0.15) is 5.48 Å². The van der Waals surface area contributed by atoms with Gasteiger partial charge >= 0.3 is 0 Å². The van der Waals surface area contributed by atoms with Crippen LogP contribution in [0.3, 0.4) is 0 Å². The van der Waals surface area contributed by atoms with Gasteiger partial charge in [-0.1, -0.05) is 0 Å². The molecule has 1 unspecified atom stereocenters. The molecule has 0 amide bonds. The molecule has 4 heteroatoms. The Hall–Kier alpha value is -0.160. The molecule has 56 valence electrons. The summed E-state index contributed by atoms with van der Waals surface area (Å²) in [5, 5.41) is 17.0. The van der Waals surface area contributed by atoms with E-state index in [9.17, 15) is 0 Å². The fraction of sp³-hybridized carbons (Fsp3) is 1.00. The van der Waals surface area contributed by atoms with E-state index in [-0.39, 0.29) is 13.2 Å². The van der Waals surface area contributed by atoms with E-state index in [4.69, 9.17) is 10.2 Å². The van der Waals surface area contributed by atoms with E-state index >= 15 is 0 Å². The van der Waals surface area contributed by atoms with E-state index in [0.717, 1.165) is 0 Å². The van der Waals surface area contributed by atoms with Gasteiger partial charge in [-0.3, -0.25) is 0 Å². The minimum absolute atomic E-state index is 0.236. The molecular weight excluding hydrogens is 122 g/mol. The highest BCUT2D eigenvalue weighted by molar-refractivity contribution is 4.50. The third kappa shape index (κ3) is 5.72. The Kier molecular flexibility index (Phi) is 5.86. The number of rotatable bonds is 5. The summed E-state index contributed by atoms with van der Waals surface area (Å²) in [6, 6.07) is 0. The van der Waals surface area contributed by atoms with E-state index in [0.29, 0.717) is 6.61 Å². The molecule has 0 aromatic heterocycles. The fourth-order valence-corrected chi connectivity index (χ4v) is 0.322. The first-order chi connectivity index (χ1) is 4.31. The van der Waals surface area contributed by atoms with Gasteiger partial charge in [-0.25, -0.2) is 0 Å². The van der Waals surface area contributed by atoms with Gasteiger partial charge in [0, 0.05) is 6.54 Å². The lowest BCUT2D eigenvalue weighted by atomic mass is 10.4. The second-order valence-corrected chi connectivity index (χ2v) is 1.62. The molecule has 0 aliphatic carbocycles. The molecule has 0 fully saturated rings. The quantitative estimate of drug-likeness (QED) is 0.330. The zero-order valence-electron chi connectivity index (χ0n) is 5.50. The van der Waals surface area contributed by atoms with Crippen LogP contribution in [0.1, 0.15) is 6.92 Å². The van der Waals surface area contributed by atoms with Crippen LogP contribution in [0.2, 0.25) is 0 Å². The Labute approximate surface area is 54.4 Å². The first kappa shape index (κ1) is 8.84. The third-order valence-electron chi connectivity index (χ3n) is 0.776. The number of nitrogens with one attached hydrogen (secondary N) is 1. The molecule has 1 atom stereocenters. The largest absolute Gasteiger partial charge is 0.394 e. The summed E-state index contributed by atoms with van der Waals surface area (Å²) in [5.74, 6) is 0. The van der Waals surface area contributed by atoms with E-state index in [2.05, 4.69) is 10.3 Å². The van der Waals surface area contributed by atoms with Gasteiger partial charge in [0.1, 0.15) is 0 Å². The molecule has 0 aromatic rings. The number of hydrogen-bond donors (Lipinski definition) is 3. The molecule has 9 heavy (non-hydrogen) atoms. The molecule has 0 heterocycles. The van der Waals surface area contributed by atoms with Gasteiger partial charge in [-0.15, -0.1) is 0 Å². The van der Waals surface area contributed by atoms with Gasteiger partial charge in [0.2, 0.25) is 0 Å². The summed E-state index contributed by atoms with van der Waals surface area (Å²) in [6.45, 7) is 2.42. The van der Waals surface area contributed by atoms with E-state index in [1.54, 1.807) is 0 Å². The molecule has 0 aliphatic rings. The van der Waals surface area contributed by atoms with E-state index in [1.807, 2.05) is 6.92 Å². The summed E-state index contributed by atoms with van der Waals surface area (Å²) in [4.78, 5) is 4.68. The standard InChI is InChI=1S/C5H13NO3/c1-2-9-6-3-5(8)4-7/h5-8H,2-4H2,1H3. The molecule has 0 saturated heterocycles. The average Bonchev–Trinajstić information content (AvgIpc) is 1.89. The highest BCUT2D eigenvalue weighted by Gasteiger charge is 1.98. The number of hydroxylamine groups is 1. The van der Waals surface area contributed by atoms with Crippen molar-refractivity contribution in [2.75, 3.05) is 19.8 Å². The van der Waals surface area contributed by atoms with Crippen molar-refractivity contribution >= 4 is 0 Å². The van der Waals surface area contributed by atoms with Crippen LogP contribution in [0, 0.1) is 0 Å². The van der Waals surface area contributed by atoms with Crippen molar-refractivity contribution in [3.8, 4) is 0 Å². The van der Waals surface area contributed by atoms with Crippen LogP contribution in [0.15, 0.2) is 0 Å². The maximum absolute atomic E-state index is 8.69. The van der Waals surface area contributed by atoms with Crippen molar-refractivity contribution in [1.82, 2.24) is 5.48 Å². The molecule has 4 nitrogen and oxygen atoms in total. The molecule has 0 bridgehead atoms. The smallest absolute Gasteiger partial charge is 0.0918 e. The lowest BCUT2D eigenvalue weighted by Crippen LogP contribution is -2.29. The summed E-state index contributed by atoms with van der Waals surface area (Å²) < 4.78 is 0. The summed E-state index contributed by atoms with van der Waals surface area (Å²) >= 11 is 0. The molecule has 0 aliphatic heterocycles. The Morgan fingerprint density at radius 1 is 1.67 bits per heavy atom. The molecule has 0 rings (SSSR count). The predicted octanol–water partition coefficient (Wildman–Crippen LogP) is -1.12. The second kappa shape index (κ2) is 5.97. The topological polar surface area (TPSA) is 61.7 Å². The third-order valence-corrected chi connectivity index (χ3v) is 0.776. The zero-order chi connectivity index (χ0) is 7.11. The van der Waals surface area contributed by atoms with Gasteiger partial charge in [0.25, 0.3) is 0 Å². The van der Waals surface area contributed by atoms with Crippen LogP contribution < -0.4 is 5.48 Å². The van der Waals surface area contributed by atoms with Gasteiger partial charge in [-0.05, 0) is 6.92 Å². The molecule has 0 aromatic carbocycles. The van der Waals surface area contributed by atoms with Crippen LogP contribution in [-0.2, 0) is 4.84 Å². The van der Waals surface area contributed by atoms with Gasteiger partial charge < -0.3 is 15.1 Å². The van der Waals surface area contributed by atoms with Crippen molar-refractivity contribution in [2.45, 2.75) is 13.0 Å². The lowest BCUT2D eigenvalue weighted by Gasteiger charge is -2.06. The van der Waals surface area contributed by atoms with E-state index < -0.39 is 6.10 Å². The first-order valence-electron chi connectivity index (χ1n) is 2.94. The molecule has 0 spiro atoms. The maximum atomic E-state index is 8.69. The predicted molar refractivity (Wildman–Crippen MR) is 32.7 cm³/mol. The molecular formula is C5H13NO3. The average molecular weight is 135 g/mol. The normalized spacial score (nSPS) is 13.7. The lowest BCUT2D eigenvalue weighted by molar-refractivity contribution is 0.00618. The van der Waals surface area contributed by atoms with Crippen LogP contribution in [0.25, 0.3) is 0 Å². The summed E-state index contributed by atoms with van der Waals surface area (Å²) in [7, 11) is 0. The SMILES string of the molecule is CCONCC(O)CO. The Balaban J connectivity index is 2.88. The number of hydrogen-bond acceptors (Lipinski definition) is 4. The minimum Gasteiger partial charge on any atom is -0.394 e. The highest BCUT2D eigenvalue weighted by Crippen LogP contribution is 1.75. The molecule has 0 saturated carbocycles. The Morgan fingerprint density at radius 3 is 2.78 bits per heavy atom. The van der Waals surface area contributed by atoms with Crippen LogP contribution >= 0.6 is 0 Å². The van der Waals surface area contributed by atoms with Crippen molar-refractivity contribution in [3.05, 3.63) is 0 Å². The molecule has 3 N–H and O–H groups in total. The fourth-order valence-electron chi connectivity index (χ4n) is 0.322.